The number of rotatable bonds is 6. The Labute approximate surface area is 139 Å². The Morgan fingerprint density at radius 1 is 1.35 bits per heavy atom. The molecule has 2 heterocycles. The second-order valence-corrected chi connectivity index (χ2v) is 6.99. The first-order chi connectivity index (χ1) is 11.2. The summed E-state index contributed by atoms with van der Waals surface area (Å²) in [6.07, 6.45) is 9.33. The van der Waals surface area contributed by atoms with Gasteiger partial charge in [-0.25, -0.2) is 4.79 Å². The van der Waals surface area contributed by atoms with Crippen LogP contribution in [0.15, 0.2) is 22.8 Å². The molecule has 1 saturated carbocycles. The van der Waals surface area contributed by atoms with E-state index in [0.29, 0.717) is 12.5 Å². The average Bonchev–Trinajstić information content (AvgIpc) is 3.31. The standard InChI is InChI=1S/C18H29N3O2/c1-20(14-15-7-2-3-8-15)18(22)19-13-16(17-9-6-12-23-17)21-10-4-5-11-21/h6,9,12,15-16H,2-5,7-8,10-11,13-14H2,1H3,(H,19,22). The van der Waals surface area contributed by atoms with E-state index in [9.17, 15) is 4.79 Å². The Morgan fingerprint density at radius 3 is 2.74 bits per heavy atom. The van der Waals surface area contributed by atoms with Gasteiger partial charge in [-0.1, -0.05) is 12.8 Å². The summed E-state index contributed by atoms with van der Waals surface area (Å²) in [5.74, 6) is 1.64. The van der Waals surface area contributed by atoms with E-state index in [1.54, 1.807) is 6.26 Å². The Hall–Kier alpha value is -1.49. The van der Waals surface area contributed by atoms with Crippen molar-refractivity contribution in [2.45, 2.75) is 44.6 Å². The minimum Gasteiger partial charge on any atom is -0.468 e. The molecular formula is C18H29N3O2. The number of amides is 2. The van der Waals surface area contributed by atoms with Gasteiger partial charge in [0.15, 0.2) is 0 Å². The third-order valence-electron chi connectivity index (χ3n) is 5.25. The van der Waals surface area contributed by atoms with Gasteiger partial charge in [0.05, 0.1) is 12.3 Å². The highest BCUT2D eigenvalue weighted by Gasteiger charge is 2.26. The van der Waals surface area contributed by atoms with Crippen molar-refractivity contribution in [1.82, 2.24) is 15.1 Å². The summed E-state index contributed by atoms with van der Waals surface area (Å²) < 4.78 is 5.60. The van der Waals surface area contributed by atoms with Crippen molar-refractivity contribution >= 4 is 6.03 Å². The molecule has 1 unspecified atom stereocenters. The monoisotopic (exact) mass is 319 g/mol. The SMILES string of the molecule is CN(CC1CCCC1)C(=O)NCC(c1ccco1)N1CCCC1. The van der Waals surface area contributed by atoms with Gasteiger partial charge in [-0.3, -0.25) is 4.90 Å². The summed E-state index contributed by atoms with van der Waals surface area (Å²) in [6, 6.07) is 4.12. The van der Waals surface area contributed by atoms with E-state index in [1.807, 2.05) is 24.1 Å². The molecule has 2 amide bonds. The van der Waals surface area contributed by atoms with Gasteiger partial charge in [0, 0.05) is 20.1 Å². The Balaban J connectivity index is 1.52. The molecule has 1 aromatic rings. The molecule has 1 atom stereocenters. The molecule has 1 aromatic heterocycles. The van der Waals surface area contributed by atoms with Crippen LogP contribution in [0.1, 0.15) is 50.3 Å². The first-order valence-corrected chi connectivity index (χ1v) is 9.00. The minimum absolute atomic E-state index is 0.0349. The van der Waals surface area contributed by atoms with Crippen LogP contribution < -0.4 is 5.32 Å². The van der Waals surface area contributed by atoms with Gasteiger partial charge >= 0.3 is 6.03 Å². The van der Waals surface area contributed by atoms with Gasteiger partial charge in [0.1, 0.15) is 5.76 Å². The second kappa shape index (κ2) is 7.86. The van der Waals surface area contributed by atoms with Crippen LogP contribution in [0.25, 0.3) is 0 Å². The number of carbonyl (C=O) groups is 1. The number of furan rings is 1. The second-order valence-electron chi connectivity index (χ2n) is 6.99. The molecular weight excluding hydrogens is 290 g/mol. The van der Waals surface area contributed by atoms with Crippen molar-refractivity contribution in [1.29, 1.82) is 0 Å². The Kier molecular flexibility index (Phi) is 5.60. The molecule has 0 spiro atoms. The van der Waals surface area contributed by atoms with E-state index in [4.69, 9.17) is 4.42 Å². The predicted octanol–water partition coefficient (Wildman–Crippen LogP) is 3.25. The summed E-state index contributed by atoms with van der Waals surface area (Å²) in [4.78, 5) is 16.6. The third kappa shape index (κ3) is 4.28. The number of nitrogens with zero attached hydrogens (tertiary/aromatic N) is 2. The lowest BCUT2D eigenvalue weighted by Gasteiger charge is -2.28. The van der Waals surface area contributed by atoms with E-state index in [-0.39, 0.29) is 12.1 Å². The quantitative estimate of drug-likeness (QED) is 0.875. The fourth-order valence-electron chi connectivity index (χ4n) is 3.93. The number of urea groups is 1. The highest BCUT2D eigenvalue weighted by atomic mass is 16.3. The normalized spacial score (nSPS) is 20.7. The molecule has 23 heavy (non-hydrogen) atoms. The van der Waals surface area contributed by atoms with Crippen molar-refractivity contribution < 1.29 is 9.21 Å². The van der Waals surface area contributed by atoms with E-state index in [2.05, 4.69) is 10.2 Å². The maximum absolute atomic E-state index is 12.4. The van der Waals surface area contributed by atoms with Crippen LogP contribution in [0.2, 0.25) is 0 Å². The molecule has 1 N–H and O–H groups in total. The smallest absolute Gasteiger partial charge is 0.317 e. The van der Waals surface area contributed by atoms with E-state index in [0.717, 1.165) is 25.4 Å². The van der Waals surface area contributed by atoms with Crippen LogP contribution >= 0.6 is 0 Å². The molecule has 0 aromatic carbocycles. The van der Waals surface area contributed by atoms with Crippen LogP contribution in [0.3, 0.4) is 0 Å². The van der Waals surface area contributed by atoms with Crippen molar-refractivity contribution in [3.63, 3.8) is 0 Å². The molecule has 0 radical (unpaired) electrons. The first kappa shape index (κ1) is 16.4. The minimum atomic E-state index is 0.0349. The van der Waals surface area contributed by atoms with Gasteiger partial charge in [0.2, 0.25) is 0 Å². The highest BCUT2D eigenvalue weighted by molar-refractivity contribution is 5.73. The van der Waals surface area contributed by atoms with Crippen molar-refractivity contribution in [3.05, 3.63) is 24.2 Å². The summed E-state index contributed by atoms with van der Waals surface area (Å²) in [5.41, 5.74) is 0. The van der Waals surface area contributed by atoms with Gasteiger partial charge in [-0.2, -0.15) is 0 Å². The van der Waals surface area contributed by atoms with Crippen molar-refractivity contribution in [2.24, 2.45) is 5.92 Å². The fourth-order valence-corrected chi connectivity index (χ4v) is 3.93. The van der Waals surface area contributed by atoms with Crippen LogP contribution in [-0.2, 0) is 0 Å². The summed E-state index contributed by atoms with van der Waals surface area (Å²) >= 11 is 0. The lowest BCUT2D eigenvalue weighted by atomic mass is 10.1. The predicted molar refractivity (Wildman–Crippen MR) is 90.2 cm³/mol. The molecule has 1 aliphatic heterocycles. The van der Waals surface area contributed by atoms with Gasteiger partial charge < -0.3 is 14.6 Å². The molecule has 5 heteroatoms. The van der Waals surface area contributed by atoms with Crippen molar-refractivity contribution in [3.8, 4) is 0 Å². The van der Waals surface area contributed by atoms with E-state index >= 15 is 0 Å². The maximum Gasteiger partial charge on any atom is 0.317 e. The van der Waals surface area contributed by atoms with Gasteiger partial charge in [-0.05, 0) is 56.8 Å². The molecule has 3 rings (SSSR count). The molecule has 2 fully saturated rings. The molecule has 0 bridgehead atoms. The molecule has 1 aliphatic carbocycles. The Bertz CT molecular complexity index is 476. The average molecular weight is 319 g/mol. The molecule has 128 valence electrons. The van der Waals surface area contributed by atoms with Gasteiger partial charge in [-0.15, -0.1) is 0 Å². The largest absolute Gasteiger partial charge is 0.468 e. The molecule has 5 nitrogen and oxygen atoms in total. The van der Waals surface area contributed by atoms with Crippen LogP contribution in [0.4, 0.5) is 4.79 Å². The number of hydrogen-bond donors (Lipinski definition) is 1. The lowest BCUT2D eigenvalue weighted by Crippen LogP contribution is -2.43. The lowest BCUT2D eigenvalue weighted by molar-refractivity contribution is 0.183. The van der Waals surface area contributed by atoms with Crippen LogP contribution in [0.5, 0.6) is 0 Å². The van der Waals surface area contributed by atoms with Gasteiger partial charge in [0.25, 0.3) is 0 Å². The van der Waals surface area contributed by atoms with Crippen molar-refractivity contribution in [2.75, 3.05) is 33.2 Å². The Morgan fingerprint density at radius 2 is 2.09 bits per heavy atom. The number of nitrogens with one attached hydrogen (secondary N) is 1. The zero-order valence-corrected chi connectivity index (χ0v) is 14.2. The molecule has 2 aliphatic rings. The summed E-state index contributed by atoms with van der Waals surface area (Å²) in [6.45, 7) is 3.65. The fraction of sp³-hybridized carbons (Fsp3) is 0.722. The number of carbonyl (C=O) groups excluding carboxylic acids is 1. The van der Waals surface area contributed by atoms with Crippen LogP contribution in [-0.4, -0.2) is 49.1 Å². The topological polar surface area (TPSA) is 48.7 Å². The van der Waals surface area contributed by atoms with Crippen LogP contribution in [0, 0.1) is 5.92 Å². The summed E-state index contributed by atoms with van der Waals surface area (Å²) in [7, 11) is 1.91. The maximum atomic E-state index is 12.4. The molecule has 1 saturated heterocycles. The third-order valence-corrected chi connectivity index (χ3v) is 5.25. The first-order valence-electron chi connectivity index (χ1n) is 9.00. The zero-order chi connectivity index (χ0) is 16.1. The van der Waals surface area contributed by atoms with E-state index in [1.165, 1.54) is 38.5 Å². The number of likely N-dealkylation sites (tertiary alicyclic amines) is 1. The zero-order valence-electron chi connectivity index (χ0n) is 14.2. The highest BCUT2D eigenvalue weighted by Crippen LogP contribution is 2.26. The van der Waals surface area contributed by atoms with E-state index < -0.39 is 0 Å². The summed E-state index contributed by atoms with van der Waals surface area (Å²) in [5, 5.41) is 3.11. The number of hydrogen-bond acceptors (Lipinski definition) is 3.